The fourth-order valence-electron chi connectivity index (χ4n) is 1.62. The molecule has 0 saturated heterocycles. The van der Waals surface area contributed by atoms with Crippen LogP contribution in [0.5, 0.6) is 5.75 Å². The molecule has 0 radical (unpaired) electrons. The Balaban J connectivity index is 2.35. The lowest BCUT2D eigenvalue weighted by Crippen LogP contribution is -1.96. The van der Waals surface area contributed by atoms with E-state index in [1.807, 2.05) is 0 Å². The topological polar surface area (TPSA) is 47.3 Å². The summed E-state index contributed by atoms with van der Waals surface area (Å²) in [5, 5.41) is 3.57. The van der Waals surface area contributed by atoms with Gasteiger partial charge in [0.15, 0.2) is 0 Å². The van der Waals surface area contributed by atoms with Crippen LogP contribution in [-0.4, -0.2) is 7.11 Å². The van der Waals surface area contributed by atoms with E-state index in [4.69, 9.17) is 22.1 Å². The Bertz CT molecular complexity index is 555. The molecule has 0 spiro atoms. The van der Waals surface area contributed by atoms with Crippen molar-refractivity contribution in [2.24, 2.45) is 0 Å². The van der Waals surface area contributed by atoms with Crippen LogP contribution < -0.4 is 15.8 Å². The molecule has 2 aromatic rings. The minimum Gasteiger partial charge on any atom is -0.495 e. The monoisotopic (exact) mass is 266 g/mol. The molecule has 94 valence electrons. The van der Waals surface area contributed by atoms with E-state index in [9.17, 15) is 4.39 Å². The first kappa shape index (κ1) is 12.5. The highest BCUT2D eigenvalue weighted by Gasteiger charge is 2.05. The van der Waals surface area contributed by atoms with Crippen LogP contribution >= 0.6 is 11.6 Å². The molecule has 0 aromatic heterocycles. The number of methoxy groups -OCH3 is 1. The second kappa shape index (κ2) is 5.14. The van der Waals surface area contributed by atoms with Crippen LogP contribution in [0.1, 0.15) is 0 Å². The Morgan fingerprint density at radius 1 is 1.22 bits per heavy atom. The van der Waals surface area contributed by atoms with E-state index < -0.39 is 5.82 Å². The molecule has 3 nitrogen and oxygen atoms in total. The molecule has 0 amide bonds. The number of nitrogen functional groups attached to an aromatic ring is 1. The summed E-state index contributed by atoms with van der Waals surface area (Å²) in [6, 6.07) is 9.36. The van der Waals surface area contributed by atoms with E-state index in [2.05, 4.69) is 5.32 Å². The molecule has 0 heterocycles. The Labute approximate surface area is 109 Å². The normalized spacial score (nSPS) is 10.2. The van der Waals surface area contributed by atoms with Crippen molar-refractivity contribution in [2.45, 2.75) is 0 Å². The molecule has 2 rings (SSSR count). The Hall–Kier alpha value is -1.94. The predicted molar refractivity (Wildman–Crippen MR) is 72.1 cm³/mol. The summed E-state index contributed by atoms with van der Waals surface area (Å²) in [7, 11) is 1.55. The first-order chi connectivity index (χ1) is 8.58. The smallest absolute Gasteiger partial charge is 0.142 e. The Morgan fingerprint density at radius 3 is 2.67 bits per heavy atom. The van der Waals surface area contributed by atoms with Gasteiger partial charge < -0.3 is 15.8 Å². The van der Waals surface area contributed by atoms with E-state index in [1.54, 1.807) is 31.4 Å². The van der Waals surface area contributed by atoms with Crippen molar-refractivity contribution in [3.8, 4) is 5.75 Å². The fourth-order valence-corrected chi connectivity index (χ4v) is 1.79. The van der Waals surface area contributed by atoms with Gasteiger partial charge in [-0.2, -0.15) is 0 Å². The molecular weight excluding hydrogens is 255 g/mol. The molecule has 18 heavy (non-hydrogen) atoms. The number of halogens is 2. The lowest BCUT2D eigenvalue weighted by atomic mass is 10.2. The van der Waals surface area contributed by atoms with Gasteiger partial charge in [0.2, 0.25) is 0 Å². The first-order valence-electron chi connectivity index (χ1n) is 5.25. The van der Waals surface area contributed by atoms with Crippen molar-refractivity contribution in [1.82, 2.24) is 0 Å². The second-order valence-corrected chi connectivity index (χ2v) is 4.18. The largest absolute Gasteiger partial charge is 0.495 e. The molecule has 0 saturated carbocycles. The zero-order chi connectivity index (χ0) is 13.1. The van der Waals surface area contributed by atoms with E-state index in [0.29, 0.717) is 27.8 Å². The standard InChI is InChI=1S/C13H12ClFN2O/c1-18-13-3-2-8(14)4-12(13)17-11-6-9(15)5-10(16)7-11/h2-7,17H,16H2,1H3. The van der Waals surface area contributed by atoms with Gasteiger partial charge in [-0.05, 0) is 36.4 Å². The molecule has 0 aliphatic carbocycles. The van der Waals surface area contributed by atoms with Crippen LogP contribution in [0.3, 0.4) is 0 Å². The number of anilines is 3. The van der Waals surface area contributed by atoms with Gasteiger partial charge in [0.05, 0.1) is 12.8 Å². The van der Waals surface area contributed by atoms with Crippen molar-refractivity contribution in [3.05, 3.63) is 47.2 Å². The highest BCUT2D eigenvalue weighted by Crippen LogP contribution is 2.31. The molecule has 2 aromatic carbocycles. The molecule has 3 N–H and O–H groups in total. The van der Waals surface area contributed by atoms with Gasteiger partial charge in [0, 0.05) is 16.4 Å². The lowest BCUT2D eigenvalue weighted by Gasteiger charge is -2.12. The minimum atomic E-state index is -0.404. The number of benzene rings is 2. The van der Waals surface area contributed by atoms with Crippen molar-refractivity contribution in [2.75, 3.05) is 18.2 Å². The van der Waals surface area contributed by atoms with Crippen LogP contribution in [0.2, 0.25) is 5.02 Å². The summed E-state index contributed by atoms with van der Waals surface area (Å²) >= 11 is 5.91. The quantitative estimate of drug-likeness (QED) is 0.831. The summed E-state index contributed by atoms with van der Waals surface area (Å²) in [4.78, 5) is 0. The molecule has 0 aliphatic rings. The molecule has 0 atom stereocenters. The van der Waals surface area contributed by atoms with Gasteiger partial charge in [-0.3, -0.25) is 0 Å². The summed E-state index contributed by atoms with van der Waals surface area (Å²) in [5.74, 6) is 0.209. The lowest BCUT2D eigenvalue weighted by molar-refractivity contribution is 0.417. The zero-order valence-electron chi connectivity index (χ0n) is 9.71. The van der Waals surface area contributed by atoms with Crippen LogP contribution in [0.4, 0.5) is 21.5 Å². The third-order valence-electron chi connectivity index (χ3n) is 2.36. The minimum absolute atomic E-state index is 0.346. The maximum absolute atomic E-state index is 13.2. The van der Waals surface area contributed by atoms with Crippen LogP contribution in [0.25, 0.3) is 0 Å². The molecule has 0 fully saturated rings. The van der Waals surface area contributed by atoms with Crippen molar-refractivity contribution in [3.63, 3.8) is 0 Å². The van der Waals surface area contributed by atoms with Gasteiger partial charge in [-0.25, -0.2) is 4.39 Å². The van der Waals surface area contributed by atoms with E-state index in [-0.39, 0.29) is 0 Å². The van der Waals surface area contributed by atoms with E-state index in [0.717, 1.165) is 0 Å². The van der Waals surface area contributed by atoms with Crippen molar-refractivity contribution in [1.29, 1.82) is 0 Å². The molecular formula is C13H12ClFN2O. The SMILES string of the molecule is COc1ccc(Cl)cc1Nc1cc(N)cc(F)c1. The van der Waals surface area contributed by atoms with Crippen molar-refractivity contribution >= 4 is 28.7 Å². The Morgan fingerprint density at radius 2 is 2.00 bits per heavy atom. The molecule has 5 heteroatoms. The van der Waals surface area contributed by atoms with E-state index in [1.165, 1.54) is 12.1 Å². The maximum Gasteiger partial charge on any atom is 0.142 e. The number of hydrogen-bond donors (Lipinski definition) is 2. The summed E-state index contributed by atoms with van der Waals surface area (Å²) in [6.07, 6.45) is 0. The maximum atomic E-state index is 13.2. The number of rotatable bonds is 3. The highest BCUT2D eigenvalue weighted by molar-refractivity contribution is 6.31. The van der Waals surface area contributed by atoms with Crippen LogP contribution in [0.15, 0.2) is 36.4 Å². The predicted octanol–water partition coefficient (Wildman–Crippen LogP) is 3.81. The first-order valence-corrected chi connectivity index (χ1v) is 5.63. The number of nitrogens with two attached hydrogens (primary N) is 1. The van der Waals surface area contributed by atoms with Gasteiger partial charge in [-0.1, -0.05) is 11.6 Å². The van der Waals surface area contributed by atoms with Crippen LogP contribution in [-0.2, 0) is 0 Å². The molecule has 0 unspecified atom stereocenters. The average molecular weight is 267 g/mol. The van der Waals surface area contributed by atoms with Gasteiger partial charge in [0.1, 0.15) is 11.6 Å². The van der Waals surface area contributed by atoms with Crippen LogP contribution in [0, 0.1) is 5.82 Å². The van der Waals surface area contributed by atoms with Gasteiger partial charge >= 0.3 is 0 Å². The molecule has 0 bridgehead atoms. The third kappa shape index (κ3) is 2.84. The molecule has 0 aliphatic heterocycles. The summed E-state index contributed by atoms with van der Waals surface area (Å²) in [6.45, 7) is 0. The van der Waals surface area contributed by atoms with E-state index >= 15 is 0 Å². The van der Waals surface area contributed by atoms with Gasteiger partial charge in [0.25, 0.3) is 0 Å². The zero-order valence-corrected chi connectivity index (χ0v) is 10.5. The average Bonchev–Trinajstić information content (AvgIpc) is 2.27. The summed E-state index contributed by atoms with van der Waals surface area (Å²) in [5.41, 5.74) is 7.11. The number of nitrogens with one attached hydrogen (secondary N) is 1. The second-order valence-electron chi connectivity index (χ2n) is 3.74. The Kier molecular flexibility index (Phi) is 3.58. The number of hydrogen-bond acceptors (Lipinski definition) is 3. The number of ether oxygens (including phenoxy) is 1. The fraction of sp³-hybridized carbons (Fsp3) is 0.0769. The highest BCUT2D eigenvalue weighted by atomic mass is 35.5. The van der Waals surface area contributed by atoms with Gasteiger partial charge in [-0.15, -0.1) is 0 Å². The summed E-state index contributed by atoms with van der Waals surface area (Å²) < 4.78 is 18.4. The van der Waals surface area contributed by atoms with Crippen molar-refractivity contribution < 1.29 is 9.13 Å². The third-order valence-corrected chi connectivity index (χ3v) is 2.60.